The predicted molar refractivity (Wildman–Crippen MR) is 112 cm³/mol. The molecule has 4 aromatic rings. The molecular formula is C21H16ClN5O2. The lowest BCUT2D eigenvalue weighted by molar-refractivity contribution is 0.0962. The summed E-state index contributed by atoms with van der Waals surface area (Å²) in [5, 5.41) is 6.90. The number of hydrogen-bond donors (Lipinski definition) is 3. The van der Waals surface area contributed by atoms with Crippen LogP contribution in [0.25, 0.3) is 11.0 Å². The molecule has 0 atom stereocenters. The molecule has 0 fully saturated rings. The van der Waals surface area contributed by atoms with Crippen LogP contribution in [0.5, 0.6) is 0 Å². The zero-order valence-corrected chi connectivity index (χ0v) is 16.1. The smallest absolute Gasteiger partial charge is 0.251 e. The molecule has 0 saturated heterocycles. The minimum absolute atomic E-state index is 0.176. The number of rotatable bonds is 5. The Morgan fingerprint density at radius 2 is 1.83 bits per heavy atom. The first-order chi connectivity index (χ1) is 14.1. The summed E-state index contributed by atoms with van der Waals surface area (Å²) in [5.74, 6) is 0.0919. The Kier molecular flexibility index (Phi) is 4.97. The van der Waals surface area contributed by atoms with Crippen LogP contribution in [0.3, 0.4) is 0 Å². The van der Waals surface area contributed by atoms with Crippen molar-refractivity contribution in [2.45, 2.75) is 0 Å². The van der Waals surface area contributed by atoms with Crippen molar-refractivity contribution in [3.63, 3.8) is 0 Å². The number of amides is 1. The predicted octanol–water partition coefficient (Wildman–Crippen LogP) is 3.95. The fourth-order valence-corrected chi connectivity index (χ4v) is 3.14. The zero-order chi connectivity index (χ0) is 20.4. The Bertz CT molecular complexity index is 1220. The van der Waals surface area contributed by atoms with Gasteiger partial charge in [-0.05, 0) is 42.5 Å². The van der Waals surface area contributed by atoms with E-state index in [1.54, 1.807) is 55.7 Å². The van der Waals surface area contributed by atoms with E-state index in [2.05, 4.69) is 25.6 Å². The fourth-order valence-electron chi connectivity index (χ4n) is 3.01. The van der Waals surface area contributed by atoms with Crippen molar-refractivity contribution in [2.75, 3.05) is 12.4 Å². The van der Waals surface area contributed by atoms with Crippen molar-refractivity contribution in [3.8, 4) is 0 Å². The summed E-state index contributed by atoms with van der Waals surface area (Å²) in [6.07, 6.45) is 3.02. The lowest BCUT2D eigenvalue weighted by atomic mass is 10.0. The number of H-pyrrole nitrogens is 1. The quantitative estimate of drug-likeness (QED) is 0.436. The Hall–Kier alpha value is -3.71. The first-order valence-corrected chi connectivity index (χ1v) is 9.16. The largest absolute Gasteiger partial charge is 0.355 e. The maximum Gasteiger partial charge on any atom is 0.251 e. The lowest BCUT2D eigenvalue weighted by Crippen LogP contribution is -2.17. The van der Waals surface area contributed by atoms with E-state index in [4.69, 9.17) is 11.6 Å². The van der Waals surface area contributed by atoms with Gasteiger partial charge in [0.05, 0.1) is 10.9 Å². The average molecular weight is 406 g/mol. The minimum atomic E-state index is -0.193. The molecule has 2 heterocycles. The van der Waals surface area contributed by atoms with E-state index >= 15 is 0 Å². The van der Waals surface area contributed by atoms with Crippen LogP contribution < -0.4 is 10.6 Å². The number of fused-ring (bicyclic) bond motifs is 1. The molecule has 0 aliphatic carbocycles. The second kappa shape index (κ2) is 7.73. The molecule has 2 aromatic heterocycles. The fraction of sp³-hybridized carbons (Fsp3) is 0.0476. The van der Waals surface area contributed by atoms with Gasteiger partial charge in [-0.3, -0.25) is 9.59 Å². The van der Waals surface area contributed by atoms with E-state index in [-0.39, 0.29) is 11.7 Å². The first-order valence-electron chi connectivity index (χ1n) is 8.78. The number of carbonyl (C=O) groups is 2. The summed E-state index contributed by atoms with van der Waals surface area (Å²) in [7, 11) is 1.57. The van der Waals surface area contributed by atoms with Crippen molar-refractivity contribution >= 4 is 45.8 Å². The number of anilines is 2. The number of hydrogen-bond acceptors (Lipinski definition) is 5. The minimum Gasteiger partial charge on any atom is -0.355 e. The molecule has 0 unspecified atom stereocenters. The molecule has 29 heavy (non-hydrogen) atoms. The van der Waals surface area contributed by atoms with Crippen LogP contribution >= 0.6 is 11.6 Å². The summed E-state index contributed by atoms with van der Waals surface area (Å²) in [4.78, 5) is 36.4. The third kappa shape index (κ3) is 3.68. The molecule has 0 aliphatic heterocycles. The van der Waals surface area contributed by atoms with Crippen molar-refractivity contribution in [1.29, 1.82) is 0 Å². The SMILES string of the molecule is CNC(=O)c1cccc(Nc2ncnc3[nH]cc(C(=O)c4ccc(Cl)cc4)c23)c1. The molecule has 0 spiro atoms. The van der Waals surface area contributed by atoms with E-state index in [0.717, 1.165) is 0 Å². The van der Waals surface area contributed by atoms with Crippen molar-refractivity contribution in [2.24, 2.45) is 0 Å². The van der Waals surface area contributed by atoms with Crippen molar-refractivity contribution in [3.05, 3.63) is 82.8 Å². The number of aromatic nitrogens is 3. The Labute approximate surface area is 171 Å². The molecular weight excluding hydrogens is 390 g/mol. The number of aromatic amines is 1. The number of halogens is 1. The Balaban J connectivity index is 1.75. The van der Waals surface area contributed by atoms with E-state index in [1.165, 1.54) is 6.33 Å². The molecule has 4 rings (SSSR count). The molecule has 0 saturated carbocycles. The van der Waals surface area contributed by atoms with E-state index in [1.807, 2.05) is 6.07 Å². The Morgan fingerprint density at radius 1 is 1.03 bits per heavy atom. The normalized spacial score (nSPS) is 10.7. The van der Waals surface area contributed by atoms with Gasteiger partial charge in [-0.15, -0.1) is 0 Å². The zero-order valence-electron chi connectivity index (χ0n) is 15.4. The van der Waals surface area contributed by atoms with Crippen LogP contribution in [0.15, 0.2) is 61.1 Å². The number of ketones is 1. The second-order valence-corrected chi connectivity index (χ2v) is 6.71. The van der Waals surface area contributed by atoms with Crippen molar-refractivity contribution < 1.29 is 9.59 Å². The van der Waals surface area contributed by atoms with Gasteiger partial charge < -0.3 is 15.6 Å². The third-order valence-corrected chi connectivity index (χ3v) is 4.69. The number of nitrogens with one attached hydrogen (secondary N) is 3. The second-order valence-electron chi connectivity index (χ2n) is 6.27. The van der Waals surface area contributed by atoms with Crippen LogP contribution in [-0.4, -0.2) is 33.7 Å². The van der Waals surface area contributed by atoms with E-state index < -0.39 is 0 Å². The van der Waals surface area contributed by atoms with Gasteiger partial charge in [0.15, 0.2) is 5.78 Å². The highest BCUT2D eigenvalue weighted by Crippen LogP contribution is 2.28. The van der Waals surface area contributed by atoms with Crippen LogP contribution in [0.2, 0.25) is 5.02 Å². The molecule has 3 N–H and O–H groups in total. The van der Waals surface area contributed by atoms with Crippen LogP contribution in [0.4, 0.5) is 11.5 Å². The molecule has 144 valence electrons. The third-order valence-electron chi connectivity index (χ3n) is 4.44. The molecule has 2 aromatic carbocycles. The number of carbonyl (C=O) groups excluding carboxylic acids is 2. The summed E-state index contributed by atoms with van der Waals surface area (Å²) in [5.41, 5.74) is 2.65. The average Bonchev–Trinajstić information content (AvgIpc) is 3.18. The standard InChI is InChI=1S/C21H16ClN5O2/c1-23-21(29)13-3-2-4-15(9-13)27-20-17-16(10-24-19(17)25-11-26-20)18(28)12-5-7-14(22)8-6-12/h2-11H,1H3,(H,23,29)(H2,24,25,26,27). The summed E-state index contributed by atoms with van der Waals surface area (Å²) in [6, 6.07) is 13.7. The van der Waals surface area contributed by atoms with Crippen molar-refractivity contribution in [1.82, 2.24) is 20.3 Å². The first kappa shape index (κ1) is 18.6. The van der Waals surface area contributed by atoms with Gasteiger partial charge >= 0.3 is 0 Å². The van der Waals surface area contributed by atoms with Gasteiger partial charge in [0.25, 0.3) is 5.91 Å². The topological polar surface area (TPSA) is 99.8 Å². The summed E-state index contributed by atoms with van der Waals surface area (Å²) < 4.78 is 0. The molecule has 8 heteroatoms. The molecule has 0 radical (unpaired) electrons. The van der Waals surface area contributed by atoms with Gasteiger partial charge in [0.1, 0.15) is 17.8 Å². The van der Waals surface area contributed by atoms with Gasteiger partial charge in [-0.1, -0.05) is 17.7 Å². The highest BCUT2D eigenvalue weighted by atomic mass is 35.5. The van der Waals surface area contributed by atoms with E-state index in [0.29, 0.717) is 44.3 Å². The van der Waals surface area contributed by atoms with Crippen LogP contribution in [-0.2, 0) is 0 Å². The molecule has 0 bridgehead atoms. The maximum absolute atomic E-state index is 13.0. The summed E-state index contributed by atoms with van der Waals surface area (Å²) >= 11 is 5.92. The van der Waals surface area contributed by atoms with Gasteiger partial charge in [0, 0.05) is 35.1 Å². The van der Waals surface area contributed by atoms with Crippen LogP contribution in [0, 0.1) is 0 Å². The van der Waals surface area contributed by atoms with Gasteiger partial charge in [-0.25, -0.2) is 9.97 Å². The highest BCUT2D eigenvalue weighted by Gasteiger charge is 2.19. The molecule has 7 nitrogen and oxygen atoms in total. The maximum atomic E-state index is 13.0. The number of nitrogens with zero attached hydrogens (tertiary/aromatic N) is 2. The van der Waals surface area contributed by atoms with Crippen LogP contribution in [0.1, 0.15) is 26.3 Å². The Morgan fingerprint density at radius 3 is 2.59 bits per heavy atom. The monoisotopic (exact) mass is 405 g/mol. The summed E-state index contributed by atoms with van der Waals surface area (Å²) in [6.45, 7) is 0. The highest BCUT2D eigenvalue weighted by molar-refractivity contribution is 6.30. The number of benzene rings is 2. The molecule has 1 amide bonds. The lowest BCUT2D eigenvalue weighted by Gasteiger charge is -2.09. The molecule has 0 aliphatic rings. The van der Waals surface area contributed by atoms with E-state index in [9.17, 15) is 9.59 Å². The van der Waals surface area contributed by atoms with Gasteiger partial charge in [0.2, 0.25) is 0 Å². The van der Waals surface area contributed by atoms with Gasteiger partial charge in [-0.2, -0.15) is 0 Å².